The fourth-order valence-electron chi connectivity index (χ4n) is 4.76. The normalized spacial score (nSPS) is 15.9. The second kappa shape index (κ2) is 9.54. The number of aryl methyl sites for hydroxylation is 3. The highest BCUT2D eigenvalue weighted by Crippen LogP contribution is 2.28. The number of hydrogen-bond acceptors (Lipinski definition) is 6. The van der Waals surface area contributed by atoms with Crippen LogP contribution in [-0.2, 0) is 4.79 Å². The molecule has 0 bridgehead atoms. The monoisotopic (exact) mass is 486 g/mol. The maximum atomic E-state index is 13.1. The predicted molar refractivity (Wildman–Crippen MR) is 139 cm³/mol. The molecule has 4 aromatic heterocycles. The Hall–Kier alpha value is -4.05. The summed E-state index contributed by atoms with van der Waals surface area (Å²) in [5.41, 5.74) is 6.59. The van der Waals surface area contributed by atoms with Crippen molar-refractivity contribution in [2.75, 3.05) is 23.7 Å². The molecule has 5 heterocycles. The second-order valence-electron chi connectivity index (χ2n) is 9.47. The van der Waals surface area contributed by atoms with Crippen molar-refractivity contribution in [3.63, 3.8) is 0 Å². The molecule has 1 saturated heterocycles. The summed E-state index contributed by atoms with van der Waals surface area (Å²) in [7, 11) is 0. The third-order valence-corrected chi connectivity index (χ3v) is 6.79. The summed E-state index contributed by atoms with van der Waals surface area (Å²) < 4.78 is 0. The fourth-order valence-corrected chi connectivity index (χ4v) is 4.76. The minimum atomic E-state index is -0.304. The number of pyridine rings is 2. The van der Waals surface area contributed by atoms with E-state index in [0.29, 0.717) is 40.9 Å². The van der Waals surface area contributed by atoms with Gasteiger partial charge in [0.05, 0.1) is 46.8 Å². The highest BCUT2D eigenvalue weighted by atomic mass is 16.2. The number of nitrogens with zero attached hydrogens (tertiary/aromatic N) is 4. The number of likely N-dealkylation sites (tertiary alicyclic amines) is 1. The van der Waals surface area contributed by atoms with E-state index >= 15 is 0 Å². The molecule has 10 nitrogen and oxygen atoms in total. The summed E-state index contributed by atoms with van der Waals surface area (Å²) in [6, 6.07) is 5.91. The van der Waals surface area contributed by atoms with Gasteiger partial charge in [-0.1, -0.05) is 0 Å². The molecule has 2 amide bonds. The van der Waals surface area contributed by atoms with E-state index in [9.17, 15) is 9.59 Å². The number of aromatic amines is 2. The van der Waals surface area contributed by atoms with Gasteiger partial charge in [-0.2, -0.15) is 5.10 Å². The van der Waals surface area contributed by atoms with Crippen molar-refractivity contribution in [2.24, 2.45) is 0 Å². The number of anilines is 2. The molecular weight excluding hydrogens is 456 g/mol. The Morgan fingerprint density at radius 1 is 1.08 bits per heavy atom. The molecular formula is C26H30N8O2. The zero-order valence-electron chi connectivity index (χ0n) is 20.9. The van der Waals surface area contributed by atoms with Gasteiger partial charge in [-0.05, 0) is 65.3 Å². The van der Waals surface area contributed by atoms with Crippen LogP contribution in [-0.4, -0.2) is 61.0 Å². The van der Waals surface area contributed by atoms with E-state index in [1.807, 2.05) is 26.8 Å². The number of fused-ring (bicyclic) bond motifs is 1. The summed E-state index contributed by atoms with van der Waals surface area (Å²) in [6.07, 6.45) is 5.37. The molecule has 0 unspecified atom stereocenters. The molecule has 0 aliphatic carbocycles. The van der Waals surface area contributed by atoms with E-state index in [2.05, 4.69) is 47.6 Å². The number of rotatable bonds is 6. The van der Waals surface area contributed by atoms with Crippen molar-refractivity contribution in [1.82, 2.24) is 30.0 Å². The van der Waals surface area contributed by atoms with Crippen LogP contribution in [0.15, 0.2) is 30.6 Å². The van der Waals surface area contributed by atoms with Crippen LogP contribution in [0.2, 0.25) is 0 Å². The molecule has 0 spiro atoms. The van der Waals surface area contributed by atoms with Crippen LogP contribution in [0.1, 0.15) is 47.2 Å². The van der Waals surface area contributed by atoms with Gasteiger partial charge < -0.3 is 15.6 Å². The lowest BCUT2D eigenvalue weighted by molar-refractivity contribution is -0.117. The largest absolute Gasteiger partial charge is 0.339 e. The first-order chi connectivity index (χ1) is 17.3. The lowest BCUT2D eigenvalue weighted by Crippen LogP contribution is -2.35. The Morgan fingerprint density at radius 2 is 1.92 bits per heavy atom. The van der Waals surface area contributed by atoms with Crippen molar-refractivity contribution in [3.8, 4) is 11.3 Å². The zero-order valence-corrected chi connectivity index (χ0v) is 20.9. The van der Waals surface area contributed by atoms with Crippen LogP contribution >= 0.6 is 0 Å². The van der Waals surface area contributed by atoms with Gasteiger partial charge in [0.15, 0.2) is 0 Å². The van der Waals surface area contributed by atoms with Gasteiger partial charge in [-0.15, -0.1) is 0 Å². The molecule has 1 aliphatic heterocycles. The van der Waals surface area contributed by atoms with Crippen molar-refractivity contribution in [1.29, 1.82) is 0 Å². The molecule has 1 atom stereocenters. The van der Waals surface area contributed by atoms with Gasteiger partial charge in [0, 0.05) is 28.9 Å². The minimum absolute atomic E-state index is 0.0901. The number of H-pyrrole nitrogens is 2. The smallest absolute Gasteiger partial charge is 0.257 e. The average Bonchev–Trinajstić information content (AvgIpc) is 3.53. The summed E-state index contributed by atoms with van der Waals surface area (Å²) >= 11 is 0. The van der Waals surface area contributed by atoms with Crippen molar-refractivity contribution in [3.05, 3.63) is 53.2 Å². The minimum Gasteiger partial charge on any atom is -0.339 e. The Labute approximate surface area is 208 Å². The predicted octanol–water partition coefficient (Wildman–Crippen LogP) is 3.95. The molecule has 0 radical (unpaired) electrons. The molecule has 0 saturated carbocycles. The van der Waals surface area contributed by atoms with Gasteiger partial charge in [0.1, 0.15) is 5.65 Å². The molecule has 10 heteroatoms. The molecule has 1 aliphatic rings. The maximum Gasteiger partial charge on any atom is 0.257 e. The number of amides is 2. The van der Waals surface area contributed by atoms with Gasteiger partial charge >= 0.3 is 0 Å². The van der Waals surface area contributed by atoms with Crippen molar-refractivity contribution in [2.45, 2.75) is 46.6 Å². The molecule has 0 aromatic carbocycles. The quantitative estimate of drug-likeness (QED) is 0.326. The first-order valence-corrected chi connectivity index (χ1v) is 12.1. The van der Waals surface area contributed by atoms with E-state index in [0.717, 1.165) is 47.4 Å². The summed E-state index contributed by atoms with van der Waals surface area (Å²) in [6.45, 7) is 9.14. The van der Waals surface area contributed by atoms with Gasteiger partial charge in [-0.3, -0.25) is 24.6 Å². The lowest BCUT2D eigenvalue weighted by Gasteiger charge is -2.20. The van der Waals surface area contributed by atoms with Crippen molar-refractivity contribution >= 4 is 34.2 Å². The second-order valence-corrected chi connectivity index (χ2v) is 9.47. The first kappa shape index (κ1) is 23.7. The highest BCUT2D eigenvalue weighted by Gasteiger charge is 2.22. The number of carbonyl (C=O) groups is 2. The van der Waals surface area contributed by atoms with E-state index in [1.165, 1.54) is 0 Å². The van der Waals surface area contributed by atoms with Crippen LogP contribution in [0.25, 0.3) is 22.3 Å². The van der Waals surface area contributed by atoms with Crippen LogP contribution in [0.3, 0.4) is 0 Å². The Balaban J connectivity index is 1.31. The van der Waals surface area contributed by atoms with E-state index in [1.54, 1.807) is 24.5 Å². The third-order valence-electron chi connectivity index (χ3n) is 6.79. The van der Waals surface area contributed by atoms with Gasteiger partial charge in [-0.25, -0.2) is 4.98 Å². The molecule has 1 fully saturated rings. The van der Waals surface area contributed by atoms with Gasteiger partial charge in [0.25, 0.3) is 5.91 Å². The zero-order chi connectivity index (χ0) is 25.4. The van der Waals surface area contributed by atoms with E-state index in [-0.39, 0.29) is 11.8 Å². The van der Waals surface area contributed by atoms with Crippen LogP contribution in [0, 0.1) is 20.8 Å². The number of aromatic nitrogens is 5. The standard InChI is InChI=1S/C26H30N8O2/c1-14-6-5-7-34(14)13-23(35)29-20-10-21(15(2)27-12-20)31-26(36)19-8-18-9-22(30-25(18)28-11-19)24-16(3)32-33-17(24)4/h8-12,14H,5-7,13H2,1-4H3,(H,28,30)(H,29,35)(H,31,36)(H,32,33)/t14-/m0/s1. The molecule has 5 rings (SSSR count). The lowest BCUT2D eigenvalue weighted by atomic mass is 10.1. The van der Waals surface area contributed by atoms with Gasteiger partial charge in [0.2, 0.25) is 5.91 Å². The fraction of sp³-hybridized carbons (Fsp3) is 0.346. The van der Waals surface area contributed by atoms with Crippen LogP contribution in [0.4, 0.5) is 11.4 Å². The SMILES string of the molecule is Cc1ncc(NC(=O)CN2CCC[C@@H]2C)cc1NC(=O)c1cnc2[nH]c(-c3c(C)n[nH]c3C)cc2c1. The summed E-state index contributed by atoms with van der Waals surface area (Å²) in [5, 5.41) is 13.9. The first-order valence-electron chi connectivity index (χ1n) is 12.1. The third kappa shape index (κ3) is 4.72. The summed E-state index contributed by atoms with van der Waals surface area (Å²) in [4.78, 5) is 39.8. The number of carbonyl (C=O) groups excluding carboxylic acids is 2. The Bertz CT molecular complexity index is 1430. The maximum absolute atomic E-state index is 13.1. The van der Waals surface area contributed by atoms with Crippen LogP contribution in [0.5, 0.6) is 0 Å². The van der Waals surface area contributed by atoms with Crippen LogP contribution < -0.4 is 10.6 Å². The summed E-state index contributed by atoms with van der Waals surface area (Å²) in [5.74, 6) is -0.394. The molecule has 4 aromatic rings. The molecule has 186 valence electrons. The average molecular weight is 487 g/mol. The number of nitrogens with one attached hydrogen (secondary N) is 4. The molecule has 36 heavy (non-hydrogen) atoms. The number of hydrogen-bond donors (Lipinski definition) is 4. The highest BCUT2D eigenvalue weighted by molar-refractivity contribution is 6.06. The molecule has 4 N–H and O–H groups in total. The van der Waals surface area contributed by atoms with E-state index in [4.69, 9.17) is 0 Å². The topological polar surface area (TPSA) is 132 Å². The van der Waals surface area contributed by atoms with E-state index < -0.39 is 0 Å². The van der Waals surface area contributed by atoms with Crippen molar-refractivity contribution < 1.29 is 9.59 Å². The Kier molecular flexibility index (Phi) is 6.27. The Morgan fingerprint density at radius 3 is 2.64 bits per heavy atom.